The summed E-state index contributed by atoms with van der Waals surface area (Å²) in [6.45, 7) is 1.20. The van der Waals surface area contributed by atoms with Crippen LogP contribution in [0.5, 0.6) is 0 Å². The zero-order valence-corrected chi connectivity index (χ0v) is 22.0. The molecule has 0 saturated carbocycles. The molecule has 0 radical (unpaired) electrons. The Kier molecular flexibility index (Phi) is 13.5. The third-order valence-corrected chi connectivity index (χ3v) is 5.90. The first kappa shape index (κ1) is 31.3. The average molecular weight is 545 g/mol. The molecule has 1 aliphatic carbocycles. The fourth-order valence-electron chi connectivity index (χ4n) is 3.78. The zero-order valence-electron chi connectivity index (χ0n) is 22.0. The number of nitrogens with zero attached hydrogens (tertiary/aromatic N) is 1. The maximum Gasteiger partial charge on any atom is 0.317 e. The van der Waals surface area contributed by atoms with Gasteiger partial charge in [-0.25, -0.2) is 0 Å². The Bertz CT molecular complexity index is 1060. The number of carbonyl (C=O) groups excluding carboxylic acids is 3. The van der Waals surface area contributed by atoms with Crippen LogP contribution >= 0.6 is 0 Å². The summed E-state index contributed by atoms with van der Waals surface area (Å²) in [7, 11) is 1.39. The lowest BCUT2D eigenvalue weighted by Crippen LogP contribution is -2.33. The number of ether oxygens (including phenoxy) is 2. The Morgan fingerprint density at radius 1 is 1.26 bits per heavy atom. The lowest BCUT2D eigenvalue weighted by atomic mass is 9.83. The number of cyclic esters (lactones) is 2. The van der Waals surface area contributed by atoms with Crippen molar-refractivity contribution in [3.63, 3.8) is 0 Å². The molecular weight excluding hydrogens is 508 g/mol. The zero-order chi connectivity index (χ0) is 28.6. The van der Waals surface area contributed by atoms with Gasteiger partial charge in [0.15, 0.2) is 5.78 Å². The number of aliphatic hydroxyl groups excluding tert-OH is 3. The van der Waals surface area contributed by atoms with Crippen LogP contribution in [0, 0.1) is 11.8 Å². The van der Waals surface area contributed by atoms with Crippen molar-refractivity contribution in [2.75, 3.05) is 20.3 Å². The molecule has 0 aromatic carbocycles. The molecule has 39 heavy (non-hydrogen) atoms. The number of ketones is 1. The summed E-state index contributed by atoms with van der Waals surface area (Å²) in [5, 5.41) is 36.8. The summed E-state index contributed by atoms with van der Waals surface area (Å²) in [6.07, 6.45) is 13.8. The first-order valence-electron chi connectivity index (χ1n) is 12.5. The van der Waals surface area contributed by atoms with Gasteiger partial charge < -0.3 is 34.9 Å². The number of rotatable bonds is 9. The summed E-state index contributed by atoms with van der Waals surface area (Å²) < 4.78 is 10.9. The third kappa shape index (κ3) is 11.1. The van der Waals surface area contributed by atoms with Gasteiger partial charge in [-0.2, -0.15) is 0 Å². The number of esters is 2. The molecule has 0 amide bonds. The van der Waals surface area contributed by atoms with Crippen molar-refractivity contribution >= 4 is 23.9 Å². The molecule has 5 unspecified atom stereocenters. The monoisotopic (exact) mass is 544 g/mol. The van der Waals surface area contributed by atoms with E-state index in [9.17, 15) is 29.7 Å². The molecule has 2 aliphatic rings. The van der Waals surface area contributed by atoms with E-state index >= 15 is 0 Å². The predicted octanol–water partition coefficient (Wildman–Crippen LogP) is 1.95. The molecule has 0 aromatic heterocycles. The van der Waals surface area contributed by atoms with E-state index in [0.29, 0.717) is 12.0 Å². The van der Waals surface area contributed by atoms with Gasteiger partial charge in [0.1, 0.15) is 31.0 Å². The van der Waals surface area contributed by atoms with Crippen molar-refractivity contribution in [2.24, 2.45) is 17.0 Å². The quantitative estimate of drug-likeness (QED) is 0.111. The first-order valence-corrected chi connectivity index (χ1v) is 12.5. The van der Waals surface area contributed by atoms with Crippen molar-refractivity contribution in [1.29, 1.82) is 0 Å². The van der Waals surface area contributed by atoms with Crippen LogP contribution in [0.2, 0.25) is 0 Å². The summed E-state index contributed by atoms with van der Waals surface area (Å²) in [6, 6.07) is 0. The lowest BCUT2D eigenvalue weighted by Gasteiger charge is -2.26. The molecule has 4 N–H and O–H groups in total. The van der Waals surface area contributed by atoms with Gasteiger partial charge in [-0.3, -0.25) is 14.4 Å². The standard InChI is InChI=1S/C28H36N2O9/c1-19-10-11-20-6-3-9-25(34)27(20)28(36)39-22(16-26(35)38-23(18-31)12-13-24(19)33)8-5-14-29-17-21(32)7-4-15-30-37-2/h3-7,9-10,12-15,20,22-24,27,29,31,33-34H,8,11,16-18H2,1-2H3/b7-4+,13-12+,14-5+,19-10-,30-15+. The number of allylic oxidation sites excluding steroid dienone is 5. The molecule has 0 spiro atoms. The molecule has 0 saturated heterocycles. The van der Waals surface area contributed by atoms with E-state index in [0.717, 1.165) is 0 Å². The summed E-state index contributed by atoms with van der Waals surface area (Å²) in [4.78, 5) is 42.1. The highest BCUT2D eigenvalue weighted by atomic mass is 16.6. The van der Waals surface area contributed by atoms with Gasteiger partial charge in [0.2, 0.25) is 0 Å². The number of fused-ring (bicyclic) bond motifs is 1. The summed E-state index contributed by atoms with van der Waals surface area (Å²) in [5.41, 5.74) is 0.589. The summed E-state index contributed by atoms with van der Waals surface area (Å²) >= 11 is 0. The smallest absolute Gasteiger partial charge is 0.317 e. The minimum atomic E-state index is -0.996. The van der Waals surface area contributed by atoms with E-state index in [1.807, 2.05) is 0 Å². The van der Waals surface area contributed by atoms with Gasteiger partial charge in [0, 0.05) is 12.3 Å². The van der Waals surface area contributed by atoms with Crippen molar-refractivity contribution in [3.8, 4) is 0 Å². The minimum Gasteiger partial charge on any atom is -0.511 e. The van der Waals surface area contributed by atoms with E-state index in [1.54, 1.807) is 31.2 Å². The van der Waals surface area contributed by atoms with Crippen LogP contribution < -0.4 is 5.32 Å². The van der Waals surface area contributed by atoms with Crippen LogP contribution in [0.15, 0.2) is 77.4 Å². The molecule has 1 aliphatic heterocycles. The lowest BCUT2D eigenvalue weighted by molar-refractivity contribution is -0.160. The van der Waals surface area contributed by atoms with Gasteiger partial charge in [-0.05, 0) is 49.4 Å². The van der Waals surface area contributed by atoms with Gasteiger partial charge >= 0.3 is 11.9 Å². The van der Waals surface area contributed by atoms with E-state index in [-0.39, 0.29) is 30.9 Å². The van der Waals surface area contributed by atoms with Crippen molar-refractivity contribution in [2.45, 2.75) is 44.5 Å². The van der Waals surface area contributed by atoms with Crippen LogP contribution in [-0.2, 0) is 28.7 Å². The van der Waals surface area contributed by atoms with Gasteiger partial charge in [0.05, 0.1) is 31.9 Å². The number of hydrogen-bond acceptors (Lipinski definition) is 11. The van der Waals surface area contributed by atoms with E-state index in [2.05, 4.69) is 15.3 Å². The van der Waals surface area contributed by atoms with Crippen molar-refractivity contribution < 1.29 is 44.0 Å². The second-order valence-corrected chi connectivity index (χ2v) is 8.89. The maximum absolute atomic E-state index is 13.2. The van der Waals surface area contributed by atoms with Gasteiger partial charge in [0.25, 0.3) is 0 Å². The van der Waals surface area contributed by atoms with Crippen LogP contribution in [0.25, 0.3) is 0 Å². The Balaban J connectivity index is 2.17. The van der Waals surface area contributed by atoms with Crippen molar-refractivity contribution in [1.82, 2.24) is 5.32 Å². The fourth-order valence-corrected chi connectivity index (χ4v) is 3.78. The van der Waals surface area contributed by atoms with Gasteiger partial charge in [-0.15, -0.1) is 0 Å². The molecule has 11 nitrogen and oxygen atoms in total. The Morgan fingerprint density at radius 3 is 2.79 bits per heavy atom. The number of nitrogens with one attached hydrogen (secondary N) is 1. The maximum atomic E-state index is 13.2. The van der Waals surface area contributed by atoms with E-state index < -0.39 is 48.7 Å². The normalized spacial score (nSPS) is 29.0. The molecule has 0 aromatic rings. The second kappa shape index (κ2) is 16.8. The topological polar surface area (TPSA) is 164 Å². The number of hydrogen-bond donors (Lipinski definition) is 4. The van der Waals surface area contributed by atoms with Crippen LogP contribution in [0.3, 0.4) is 0 Å². The SMILES string of the molecule is CO/N=C/C=C/C(=O)CN/C=C/CC1CC(=O)OC(CO)/C=C/C(O)/C(C)=C\CC2C=CC=C(O)C2C(=O)O1. The van der Waals surface area contributed by atoms with Gasteiger partial charge in [-0.1, -0.05) is 35.5 Å². The molecular formula is C28H36N2O9. The third-order valence-electron chi connectivity index (χ3n) is 5.90. The fraction of sp³-hybridized carbons (Fsp3) is 0.429. The number of carbonyl (C=O) groups is 3. The number of oxime groups is 1. The highest BCUT2D eigenvalue weighted by Crippen LogP contribution is 2.31. The largest absolute Gasteiger partial charge is 0.511 e. The van der Waals surface area contributed by atoms with E-state index in [1.165, 1.54) is 49.9 Å². The Labute approximate surface area is 227 Å². The first-order chi connectivity index (χ1) is 18.7. The molecule has 1 heterocycles. The highest BCUT2D eigenvalue weighted by molar-refractivity contribution is 5.94. The molecule has 0 fully saturated rings. The second-order valence-electron chi connectivity index (χ2n) is 8.89. The predicted molar refractivity (Wildman–Crippen MR) is 143 cm³/mol. The molecule has 5 atom stereocenters. The van der Waals surface area contributed by atoms with Crippen molar-refractivity contribution in [3.05, 3.63) is 72.2 Å². The molecule has 212 valence electrons. The summed E-state index contributed by atoms with van der Waals surface area (Å²) in [5.74, 6) is -3.25. The highest BCUT2D eigenvalue weighted by Gasteiger charge is 2.35. The Morgan fingerprint density at radius 2 is 2.05 bits per heavy atom. The number of aliphatic hydroxyl groups is 3. The molecule has 0 bridgehead atoms. The van der Waals surface area contributed by atoms with Crippen LogP contribution in [-0.4, -0.2) is 77.8 Å². The Hall–Kier alpha value is -3.96. The molecule has 2 rings (SSSR count). The van der Waals surface area contributed by atoms with Crippen LogP contribution in [0.1, 0.15) is 26.2 Å². The van der Waals surface area contributed by atoms with Crippen LogP contribution in [0.4, 0.5) is 0 Å². The molecule has 11 heteroatoms. The van der Waals surface area contributed by atoms with E-state index in [4.69, 9.17) is 9.47 Å². The minimum absolute atomic E-state index is 0.00161. The average Bonchev–Trinajstić information content (AvgIpc) is 2.91.